The van der Waals surface area contributed by atoms with Crippen LogP contribution in [0, 0.1) is 5.82 Å². The summed E-state index contributed by atoms with van der Waals surface area (Å²) in [7, 11) is -6.18. The predicted molar refractivity (Wildman–Crippen MR) is 103 cm³/mol. The van der Waals surface area contributed by atoms with Crippen LogP contribution in [-0.2, 0) is 26.4 Å². The van der Waals surface area contributed by atoms with Gasteiger partial charge in [-0.1, -0.05) is 30.3 Å². The van der Waals surface area contributed by atoms with Crippen LogP contribution < -0.4 is 4.72 Å². The molecule has 148 valence electrons. The number of benzene rings is 2. The van der Waals surface area contributed by atoms with Crippen molar-refractivity contribution in [1.29, 1.82) is 0 Å². The Hall–Kier alpha value is -1.64. The van der Waals surface area contributed by atoms with E-state index in [4.69, 9.17) is 0 Å². The molecule has 2 aromatic carbocycles. The lowest BCUT2D eigenvalue weighted by molar-refractivity contribution is 0.261. The van der Waals surface area contributed by atoms with Gasteiger partial charge in [0.05, 0.1) is 26.2 Å². The zero-order chi connectivity index (χ0) is 20.5. The topological polar surface area (TPSA) is 63.2 Å². The van der Waals surface area contributed by atoms with Crippen molar-refractivity contribution < 1.29 is 21.4 Å². The number of hydrogen-bond acceptors (Lipinski definition) is 3. The minimum atomic E-state index is -4.40. The standard InChI is InChI=1S/C19H23F2NO3S2/c1-18(2,3)26(23)22-19(4,14-10-12-15(20)13-11-14)17(21)27(24,25)16-8-6-5-7-9-16/h5-13,17,22H,1-4H3/t17?,19-,26+/m0/s1. The molecule has 0 radical (unpaired) electrons. The fourth-order valence-corrected chi connectivity index (χ4v) is 5.00. The average Bonchev–Trinajstić information content (AvgIpc) is 2.61. The normalized spacial score (nSPS) is 17.1. The van der Waals surface area contributed by atoms with Gasteiger partial charge in [-0.25, -0.2) is 26.1 Å². The second-order valence-electron chi connectivity index (χ2n) is 7.37. The highest BCUT2D eigenvalue weighted by atomic mass is 32.2. The molecule has 2 aromatic rings. The van der Waals surface area contributed by atoms with Gasteiger partial charge in [0.15, 0.2) is 0 Å². The van der Waals surface area contributed by atoms with Crippen LogP contribution in [0.3, 0.4) is 0 Å². The molecular formula is C19H23F2NO3S2. The van der Waals surface area contributed by atoms with E-state index >= 15 is 4.39 Å². The maximum absolute atomic E-state index is 15.6. The number of rotatable bonds is 6. The molecule has 0 fully saturated rings. The monoisotopic (exact) mass is 415 g/mol. The van der Waals surface area contributed by atoms with Crippen LogP contribution >= 0.6 is 0 Å². The number of halogens is 2. The molecule has 0 saturated heterocycles. The van der Waals surface area contributed by atoms with Gasteiger partial charge in [0, 0.05) is 0 Å². The molecule has 4 nitrogen and oxygen atoms in total. The van der Waals surface area contributed by atoms with Gasteiger partial charge in [0.2, 0.25) is 15.3 Å². The highest BCUT2D eigenvalue weighted by Crippen LogP contribution is 2.35. The Morgan fingerprint density at radius 3 is 1.96 bits per heavy atom. The highest BCUT2D eigenvalue weighted by molar-refractivity contribution is 7.92. The van der Waals surface area contributed by atoms with Gasteiger partial charge >= 0.3 is 0 Å². The van der Waals surface area contributed by atoms with Crippen molar-refractivity contribution in [3.05, 3.63) is 66.0 Å². The lowest BCUT2D eigenvalue weighted by atomic mass is 9.94. The minimum absolute atomic E-state index is 0.175. The SMILES string of the molecule is CC(C)(C)[S@@](=O)N[C@@](C)(c1ccc(F)cc1)C(F)S(=O)(=O)c1ccccc1. The van der Waals surface area contributed by atoms with E-state index in [9.17, 15) is 17.0 Å². The first-order valence-electron chi connectivity index (χ1n) is 8.28. The molecule has 0 spiro atoms. The van der Waals surface area contributed by atoms with E-state index in [-0.39, 0.29) is 10.5 Å². The summed E-state index contributed by atoms with van der Waals surface area (Å²) in [4.78, 5) is -0.186. The van der Waals surface area contributed by atoms with Crippen molar-refractivity contribution in [2.24, 2.45) is 0 Å². The molecule has 0 heterocycles. The summed E-state index contributed by atoms with van der Waals surface area (Å²) < 4.78 is 69.2. The second-order valence-corrected chi connectivity index (χ2v) is 11.3. The first kappa shape index (κ1) is 21.7. The van der Waals surface area contributed by atoms with Gasteiger partial charge in [-0.05, 0) is 57.5 Å². The van der Waals surface area contributed by atoms with Crippen LogP contribution in [0.25, 0.3) is 0 Å². The van der Waals surface area contributed by atoms with Gasteiger partial charge in [-0.3, -0.25) is 0 Å². The van der Waals surface area contributed by atoms with Gasteiger partial charge in [0.1, 0.15) is 5.82 Å². The summed E-state index contributed by atoms with van der Waals surface area (Å²) in [6, 6.07) is 12.0. The van der Waals surface area contributed by atoms with Gasteiger partial charge in [-0.2, -0.15) is 0 Å². The average molecular weight is 416 g/mol. The highest BCUT2D eigenvalue weighted by Gasteiger charge is 2.47. The molecule has 3 atom stereocenters. The summed E-state index contributed by atoms with van der Waals surface area (Å²) in [5.74, 6) is -0.542. The third kappa shape index (κ3) is 4.62. The Labute approximate surface area is 161 Å². The maximum Gasteiger partial charge on any atom is 0.227 e. The number of alkyl halides is 1. The summed E-state index contributed by atoms with van der Waals surface area (Å²) in [5, 5.41) is 0. The van der Waals surface area contributed by atoms with Crippen molar-refractivity contribution in [2.45, 2.75) is 48.4 Å². The second kappa shape index (κ2) is 7.77. The molecular weight excluding hydrogens is 392 g/mol. The van der Waals surface area contributed by atoms with Crippen molar-refractivity contribution in [1.82, 2.24) is 4.72 Å². The fourth-order valence-electron chi connectivity index (χ4n) is 2.42. The molecule has 2 rings (SSSR count). The van der Waals surface area contributed by atoms with Crippen molar-refractivity contribution in [3.63, 3.8) is 0 Å². The van der Waals surface area contributed by atoms with Crippen LogP contribution in [0.2, 0.25) is 0 Å². The Balaban J connectivity index is 2.58. The Morgan fingerprint density at radius 2 is 1.48 bits per heavy atom. The van der Waals surface area contributed by atoms with Crippen molar-refractivity contribution in [2.75, 3.05) is 0 Å². The molecule has 1 N–H and O–H groups in total. The Kier molecular flexibility index (Phi) is 6.23. The molecule has 0 aromatic heterocycles. The summed E-state index contributed by atoms with van der Waals surface area (Å²) in [6.45, 7) is 6.36. The first-order chi connectivity index (χ1) is 12.4. The van der Waals surface area contributed by atoms with Crippen molar-refractivity contribution >= 4 is 20.8 Å². The number of sulfone groups is 1. The third-order valence-corrected chi connectivity index (χ3v) is 7.77. The van der Waals surface area contributed by atoms with Crippen LogP contribution in [0.1, 0.15) is 33.3 Å². The van der Waals surface area contributed by atoms with E-state index in [1.807, 2.05) is 0 Å². The van der Waals surface area contributed by atoms with Gasteiger partial charge < -0.3 is 0 Å². The van der Waals surface area contributed by atoms with E-state index in [2.05, 4.69) is 4.72 Å². The zero-order valence-electron chi connectivity index (χ0n) is 15.6. The van der Waals surface area contributed by atoms with Crippen LogP contribution in [0.4, 0.5) is 8.78 Å². The summed E-state index contributed by atoms with van der Waals surface area (Å²) in [5.41, 5.74) is -4.14. The van der Waals surface area contributed by atoms with Gasteiger partial charge in [-0.15, -0.1) is 0 Å². The molecule has 27 heavy (non-hydrogen) atoms. The van der Waals surface area contributed by atoms with E-state index in [0.717, 1.165) is 12.1 Å². The Morgan fingerprint density at radius 1 is 0.963 bits per heavy atom. The van der Waals surface area contributed by atoms with E-state index in [1.165, 1.54) is 43.3 Å². The smallest absolute Gasteiger partial charge is 0.227 e. The largest absolute Gasteiger partial charge is 0.242 e. The lowest BCUT2D eigenvalue weighted by Crippen LogP contribution is -2.54. The molecule has 0 aliphatic heterocycles. The van der Waals surface area contributed by atoms with Crippen LogP contribution in [0.15, 0.2) is 59.5 Å². The van der Waals surface area contributed by atoms with Crippen LogP contribution in [0.5, 0.6) is 0 Å². The molecule has 0 amide bonds. The number of nitrogens with one attached hydrogen (secondary N) is 1. The fraction of sp³-hybridized carbons (Fsp3) is 0.368. The third-order valence-electron chi connectivity index (χ3n) is 4.10. The summed E-state index contributed by atoms with van der Waals surface area (Å²) in [6.07, 6.45) is 0. The minimum Gasteiger partial charge on any atom is -0.242 e. The Bertz CT molecular complexity index is 910. The van der Waals surface area contributed by atoms with E-state index in [1.54, 1.807) is 26.8 Å². The number of hydrogen-bond donors (Lipinski definition) is 1. The first-order valence-corrected chi connectivity index (χ1v) is 11.0. The molecule has 0 aliphatic rings. The maximum atomic E-state index is 15.6. The zero-order valence-corrected chi connectivity index (χ0v) is 17.2. The predicted octanol–water partition coefficient (Wildman–Crippen LogP) is 3.86. The molecule has 0 saturated carbocycles. The molecule has 0 aliphatic carbocycles. The van der Waals surface area contributed by atoms with Crippen LogP contribution in [-0.4, -0.2) is 22.9 Å². The van der Waals surface area contributed by atoms with E-state index in [0.29, 0.717) is 0 Å². The molecule has 1 unspecified atom stereocenters. The molecule has 8 heteroatoms. The summed E-state index contributed by atoms with van der Waals surface area (Å²) >= 11 is 0. The van der Waals surface area contributed by atoms with Crippen molar-refractivity contribution in [3.8, 4) is 0 Å². The quantitative estimate of drug-likeness (QED) is 0.779. The molecule has 0 bridgehead atoms. The van der Waals surface area contributed by atoms with Gasteiger partial charge in [0.25, 0.3) is 0 Å². The van der Waals surface area contributed by atoms with E-state index < -0.39 is 42.4 Å². The lowest BCUT2D eigenvalue weighted by Gasteiger charge is -2.36.